The Kier molecular flexibility index (Phi) is 8.40. The summed E-state index contributed by atoms with van der Waals surface area (Å²) in [6, 6.07) is -0.612. The van der Waals surface area contributed by atoms with Gasteiger partial charge in [0.1, 0.15) is 12.1 Å². The van der Waals surface area contributed by atoms with Crippen LogP contribution in [-0.4, -0.2) is 37.7 Å². The van der Waals surface area contributed by atoms with Crippen LogP contribution in [-0.2, 0) is 19.1 Å². The van der Waals surface area contributed by atoms with Crippen molar-refractivity contribution in [2.75, 3.05) is 13.2 Å². The van der Waals surface area contributed by atoms with Crippen molar-refractivity contribution in [3.05, 3.63) is 0 Å². The van der Waals surface area contributed by atoms with E-state index in [1.807, 2.05) is 20.8 Å². The third-order valence-electron chi connectivity index (χ3n) is 2.50. The molecule has 0 spiro atoms. The van der Waals surface area contributed by atoms with E-state index in [1.165, 1.54) is 0 Å². The second-order valence-electron chi connectivity index (χ2n) is 4.20. The molecular weight excluding hydrogens is 222 g/mol. The molecule has 0 radical (unpaired) electrons. The Balaban J connectivity index is 3.93. The van der Waals surface area contributed by atoms with Crippen molar-refractivity contribution in [1.29, 1.82) is 0 Å². The monoisotopic (exact) mass is 245 g/mol. The summed E-state index contributed by atoms with van der Waals surface area (Å²) in [7, 11) is 0. The van der Waals surface area contributed by atoms with Crippen molar-refractivity contribution in [3.8, 4) is 0 Å². The van der Waals surface area contributed by atoms with Crippen molar-refractivity contribution in [3.63, 3.8) is 0 Å². The zero-order chi connectivity index (χ0) is 13.3. The highest BCUT2D eigenvalue weighted by Gasteiger charge is 2.20. The predicted octanol–water partition coefficient (Wildman–Crippen LogP) is 1.12. The van der Waals surface area contributed by atoms with Gasteiger partial charge in [-0.25, -0.2) is 4.79 Å². The first-order chi connectivity index (χ1) is 8.02. The van der Waals surface area contributed by atoms with E-state index in [0.29, 0.717) is 19.6 Å². The van der Waals surface area contributed by atoms with Crippen LogP contribution >= 0.6 is 0 Å². The Hall–Kier alpha value is -1.10. The minimum absolute atomic E-state index is 0.133. The highest BCUT2D eigenvalue weighted by atomic mass is 16.5. The van der Waals surface area contributed by atoms with Crippen molar-refractivity contribution in [2.24, 2.45) is 5.92 Å². The highest BCUT2D eigenvalue weighted by Crippen LogP contribution is 2.09. The first-order valence-corrected chi connectivity index (χ1v) is 6.00. The molecular formula is C12H23NO4. The van der Waals surface area contributed by atoms with Crippen LogP contribution < -0.4 is 5.32 Å². The molecule has 0 fully saturated rings. The number of hydrogen-bond donors (Lipinski definition) is 1. The van der Waals surface area contributed by atoms with Gasteiger partial charge in [-0.15, -0.1) is 0 Å². The summed E-state index contributed by atoms with van der Waals surface area (Å²) in [5, 5.41) is 2.36. The van der Waals surface area contributed by atoms with E-state index in [1.54, 1.807) is 6.92 Å². The Morgan fingerprint density at radius 3 is 2.53 bits per heavy atom. The number of amides is 1. The normalized spacial score (nSPS) is 15.8. The van der Waals surface area contributed by atoms with E-state index in [0.717, 1.165) is 6.42 Å². The largest absolute Gasteiger partial charge is 0.461 e. The van der Waals surface area contributed by atoms with Gasteiger partial charge >= 0.3 is 5.97 Å². The Morgan fingerprint density at radius 2 is 2.00 bits per heavy atom. The smallest absolute Gasteiger partial charge is 0.328 e. The van der Waals surface area contributed by atoms with Crippen LogP contribution in [0.3, 0.4) is 0 Å². The summed E-state index contributed by atoms with van der Waals surface area (Å²) in [6.07, 6.45) is 1.24. The van der Waals surface area contributed by atoms with E-state index in [-0.39, 0.29) is 12.0 Å². The van der Waals surface area contributed by atoms with Gasteiger partial charge in [-0.1, -0.05) is 13.8 Å². The third kappa shape index (κ3) is 6.94. The van der Waals surface area contributed by atoms with Crippen molar-refractivity contribution < 1.29 is 19.1 Å². The molecule has 0 aromatic heterocycles. The molecule has 5 heteroatoms. The predicted molar refractivity (Wildman–Crippen MR) is 64.5 cm³/mol. The van der Waals surface area contributed by atoms with E-state index >= 15 is 0 Å². The van der Waals surface area contributed by atoms with Gasteiger partial charge in [-0.3, -0.25) is 4.79 Å². The summed E-state index contributed by atoms with van der Waals surface area (Å²) in [6.45, 7) is 8.70. The lowest BCUT2D eigenvalue weighted by molar-refractivity contribution is -0.154. The number of esters is 1. The standard InChI is InChI=1S/C12H23NO4/c1-5-6-16-7-9(2)11(4)17-12(15)10(3)13-8-14/h8-11H,5-7H2,1-4H3,(H,13,14). The molecule has 0 aromatic carbocycles. The number of carbonyl (C=O) groups excluding carboxylic acids is 2. The van der Waals surface area contributed by atoms with Crippen LogP contribution in [0.2, 0.25) is 0 Å². The maximum absolute atomic E-state index is 11.5. The van der Waals surface area contributed by atoms with Crippen LogP contribution in [0.4, 0.5) is 0 Å². The van der Waals surface area contributed by atoms with Gasteiger partial charge in [0, 0.05) is 12.5 Å². The van der Waals surface area contributed by atoms with E-state index in [2.05, 4.69) is 5.32 Å². The molecule has 5 nitrogen and oxygen atoms in total. The third-order valence-corrected chi connectivity index (χ3v) is 2.50. The second kappa shape index (κ2) is 8.98. The van der Waals surface area contributed by atoms with E-state index < -0.39 is 12.0 Å². The van der Waals surface area contributed by atoms with Crippen LogP contribution in [0.5, 0.6) is 0 Å². The van der Waals surface area contributed by atoms with Crippen molar-refractivity contribution >= 4 is 12.4 Å². The summed E-state index contributed by atoms with van der Waals surface area (Å²) in [5.41, 5.74) is 0. The van der Waals surface area contributed by atoms with E-state index in [9.17, 15) is 9.59 Å². The number of nitrogens with one attached hydrogen (secondary N) is 1. The van der Waals surface area contributed by atoms with Gasteiger partial charge < -0.3 is 14.8 Å². The quantitative estimate of drug-likeness (QED) is 0.375. The fourth-order valence-electron chi connectivity index (χ4n) is 1.12. The van der Waals surface area contributed by atoms with Crippen LogP contribution in [0.1, 0.15) is 34.1 Å². The van der Waals surface area contributed by atoms with Gasteiger partial charge in [0.25, 0.3) is 0 Å². The molecule has 0 aliphatic rings. The Bertz CT molecular complexity index is 233. The highest BCUT2D eigenvalue weighted by molar-refractivity contribution is 5.77. The van der Waals surface area contributed by atoms with Crippen LogP contribution in [0, 0.1) is 5.92 Å². The molecule has 0 aliphatic heterocycles. The average Bonchev–Trinajstić information content (AvgIpc) is 2.29. The number of ether oxygens (including phenoxy) is 2. The SMILES string of the molecule is CCCOCC(C)C(C)OC(=O)C(C)NC=O. The van der Waals surface area contributed by atoms with Gasteiger partial charge in [0.15, 0.2) is 0 Å². The number of carbonyl (C=O) groups is 2. The fourth-order valence-corrected chi connectivity index (χ4v) is 1.12. The van der Waals surface area contributed by atoms with Crippen molar-refractivity contribution in [2.45, 2.75) is 46.3 Å². The summed E-state index contributed by atoms with van der Waals surface area (Å²) < 4.78 is 10.6. The van der Waals surface area contributed by atoms with Gasteiger partial charge in [0.05, 0.1) is 6.61 Å². The zero-order valence-electron chi connectivity index (χ0n) is 11.1. The molecule has 0 rings (SSSR count). The van der Waals surface area contributed by atoms with Crippen molar-refractivity contribution in [1.82, 2.24) is 5.32 Å². The molecule has 17 heavy (non-hydrogen) atoms. The van der Waals surface area contributed by atoms with Gasteiger partial charge in [-0.05, 0) is 20.3 Å². The Labute approximate surface area is 103 Å². The molecule has 0 heterocycles. The lowest BCUT2D eigenvalue weighted by atomic mass is 10.1. The minimum Gasteiger partial charge on any atom is -0.461 e. The second-order valence-corrected chi connectivity index (χ2v) is 4.20. The lowest BCUT2D eigenvalue weighted by Crippen LogP contribution is -2.37. The molecule has 1 amide bonds. The molecule has 0 saturated heterocycles. The molecule has 0 aromatic rings. The number of rotatable bonds is 9. The Morgan fingerprint density at radius 1 is 1.35 bits per heavy atom. The summed E-state index contributed by atoms with van der Waals surface area (Å²) in [5.74, 6) is -0.291. The van der Waals surface area contributed by atoms with Crippen LogP contribution in [0.25, 0.3) is 0 Å². The first kappa shape index (κ1) is 15.9. The molecule has 3 unspecified atom stereocenters. The average molecular weight is 245 g/mol. The molecule has 0 aliphatic carbocycles. The van der Waals surface area contributed by atoms with Gasteiger partial charge in [-0.2, -0.15) is 0 Å². The summed E-state index contributed by atoms with van der Waals surface area (Å²) >= 11 is 0. The first-order valence-electron chi connectivity index (χ1n) is 6.00. The topological polar surface area (TPSA) is 64.6 Å². The molecule has 0 bridgehead atoms. The maximum atomic E-state index is 11.5. The molecule has 0 saturated carbocycles. The summed E-state index contributed by atoms with van der Waals surface area (Å²) in [4.78, 5) is 21.7. The molecule has 1 N–H and O–H groups in total. The maximum Gasteiger partial charge on any atom is 0.328 e. The van der Waals surface area contributed by atoms with Gasteiger partial charge in [0.2, 0.25) is 6.41 Å². The fraction of sp³-hybridized carbons (Fsp3) is 0.833. The minimum atomic E-state index is -0.612. The molecule has 3 atom stereocenters. The van der Waals surface area contributed by atoms with E-state index in [4.69, 9.17) is 9.47 Å². The number of hydrogen-bond acceptors (Lipinski definition) is 4. The van der Waals surface area contributed by atoms with Crippen LogP contribution in [0.15, 0.2) is 0 Å². The molecule has 100 valence electrons. The zero-order valence-corrected chi connectivity index (χ0v) is 11.1. The lowest BCUT2D eigenvalue weighted by Gasteiger charge is -2.22.